The molecule has 3 heterocycles. The van der Waals surface area contributed by atoms with Gasteiger partial charge in [-0.05, 0) is 55.5 Å². The molecule has 2 aromatic rings. The Labute approximate surface area is 175 Å². The van der Waals surface area contributed by atoms with Crippen molar-refractivity contribution in [1.29, 1.82) is 0 Å². The van der Waals surface area contributed by atoms with Crippen LogP contribution in [0.2, 0.25) is 0 Å². The van der Waals surface area contributed by atoms with Gasteiger partial charge in [-0.1, -0.05) is 28.1 Å². The summed E-state index contributed by atoms with van der Waals surface area (Å²) in [6.07, 6.45) is 4.16. The van der Waals surface area contributed by atoms with Crippen molar-refractivity contribution in [3.05, 3.63) is 46.6 Å². The maximum Gasteiger partial charge on any atom is 0.270 e. The standard InChI is InChI=1S/C22H28BrN3O2/c1-25-19(15-4-6-17(23)7-5-15)8-9-20(25)22(27)26-11-2-3-16(14-26)21-13-18(24)10-12-28-21/h4-9,16,18,21H,2-3,10-14,24H2,1H3. The molecular formula is C22H28BrN3O2. The van der Waals surface area contributed by atoms with Gasteiger partial charge in [0.1, 0.15) is 5.69 Å². The zero-order chi connectivity index (χ0) is 19.7. The fraction of sp³-hybridized carbons (Fsp3) is 0.500. The molecule has 2 aliphatic rings. The number of nitrogens with two attached hydrogens (primary N) is 1. The lowest BCUT2D eigenvalue weighted by molar-refractivity contribution is -0.0440. The summed E-state index contributed by atoms with van der Waals surface area (Å²) in [5.74, 6) is 0.492. The van der Waals surface area contributed by atoms with Crippen molar-refractivity contribution < 1.29 is 9.53 Å². The number of aromatic nitrogens is 1. The summed E-state index contributed by atoms with van der Waals surface area (Å²) in [5.41, 5.74) is 9.02. The zero-order valence-corrected chi connectivity index (χ0v) is 17.9. The van der Waals surface area contributed by atoms with E-state index in [2.05, 4.69) is 28.1 Å². The van der Waals surface area contributed by atoms with Gasteiger partial charge in [0.15, 0.2) is 0 Å². The maximum absolute atomic E-state index is 13.2. The molecule has 5 nitrogen and oxygen atoms in total. The summed E-state index contributed by atoms with van der Waals surface area (Å²) in [7, 11) is 1.97. The summed E-state index contributed by atoms with van der Waals surface area (Å²) in [6, 6.07) is 12.4. The van der Waals surface area contributed by atoms with E-state index in [0.29, 0.717) is 5.92 Å². The molecule has 1 amide bonds. The average Bonchev–Trinajstić information content (AvgIpc) is 3.09. The molecule has 6 heteroatoms. The van der Waals surface area contributed by atoms with Gasteiger partial charge in [-0.15, -0.1) is 0 Å². The number of amides is 1. The van der Waals surface area contributed by atoms with Crippen LogP contribution in [0.4, 0.5) is 0 Å². The van der Waals surface area contributed by atoms with Gasteiger partial charge < -0.3 is 19.9 Å². The van der Waals surface area contributed by atoms with Crippen molar-refractivity contribution in [3.63, 3.8) is 0 Å². The molecule has 2 fully saturated rings. The first kappa shape index (κ1) is 19.7. The molecule has 1 aromatic heterocycles. The van der Waals surface area contributed by atoms with Crippen molar-refractivity contribution in [3.8, 4) is 11.3 Å². The number of ether oxygens (including phenoxy) is 1. The van der Waals surface area contributed by atoms with Crippen molar-refractivity contribution in [2.75, 3.05) is 19.7 Å². The monoisotopic (exact) mass is 445 g/mol. The molecule has 28 heavy (non-hydrogen) atoms. The van der Waals surface area contributed by atoms with Gasteiger partial charge in [-0.2, -0.15) is 0 Å². The fourth-order valence-electron chi connectivity index (χ4n) is 4.48. The molecule has 0 spiro atoms. The third-order valence-corrected chi connectivity index (χ3v) is 6.64. The van der Waals surface area contributed by atoms with E-state index >= 15 is 0 Å². The van der Waals surface area contributed by atoms with Crippen molar-refractivity contribution >= 4 is 21.8 Å². The van der Waals surface area contributed by atoms with Gasteiger partial charge in [0.25, 0.3) is 5.91 Å². The first-order valence-electron chi connectivity index (χ1n) is 10.1. The minimum Gasteiger partial charge on any atom is -0.378 e. The van der Waals surface area contributed by atoms with E-state index < -0.39 is 0 Å². The highest BCUT2D eigenvalue weighted by molar-refractivity contribution is 9.10. The highest BCUT2D eigenvalue weighted by atomic mass is 79.9. The van der Waals surface area contributed by atoms with Crippen molar-refractivity contribution in [1.82, 2.24) is 9.47 Å². The van der Waals surface area contributed by atoms with Crippen LogP contribution in [0.3, 0.4) is 0 Å². The molecule has 2 N–H and O–H groups in total. The molecule has 1 aromatic carbocycles. The Balaban J connectivity index is 1.49. The molecule has 0 bridgehead atoms. The molecular weight excluding hydrogens is 418 g/mol. The number of nitrogens with zero attached hydrogens (tertiary/aromatic N) is 2. The number of hydrogen-bond acceptors (Lipinski definition) is 3. The summed E-state index contributed by atoms with van der Waals surface area (Å²) >= 11 is 3.47. The molecule has 0 aliphatic carbocycles. The second-order valence-electron chi connectivity index (χ2n) is 8.02. The van der Waals surface area contributed by atoms with Crippen LogP contribution in [-0.2, 0) is 11.8 Å². The smallest absolute Gasteiger partial charge is 0.270 e. The third kappa shape index (κ3) is 4.04. The minimum absolute atomic E-state index is 0.107. The van der Waals surface area contributed by atoms with E-state index in [9.17, 15) is 4.79 Å². The fourth-order valence-corrected chi connectivity index (χ4v) is 4.74. The van der Waals surface area contributed by atoms with Crippen LogP contribution in [0, 0.1) is 5.92 Å². The predicted octanol–water partition coefficient (Wildman–Crippen LogP) is 3.81. The lowest BCUT2D eigenvalue weighted by Gasteiger charge is -2.39. The van der Waals surface area contributed by atoms with Crippen molar-refractivity contribution in [2.45, 2.75) is 37.8 Å². The van der Waals surface area contributed by atoms with Gasteiger partial charge in [0, 0.05) is 48.9 Å². The molecule has 2 aliphatic heterocycles. The number of rotatable bonds is 3. The lowest BCUT2D eigenvalue weighted by Crippen LogP contribution is -2.47. The van der Waals surface area contributed by atoms with Crippen LogP contribution in [0.25, 0.3) is 11.3 Å². The molecule has 4 rings (SSSR count). The lowest BCUT2D eigenvalue weighted by atomic mass is 9.87. The molecule has 150 valence electrons. The minimum atomic E-state index is 0.107. The highest BCUT2D eigenvalue weighted by Gasteiger charge is 2.33. The summed E-state index contributed by atoms with van der Waals surface area (Å²) in [6.45, 7) is 2.31. The normalized spacial score (nSPS) is 25.7. The second-order valence-corrected chi connectivity index (χ2v) is 8.93. The van der Waals surface area contributed by atoms with E-state index in [1.807, 2.05) is 40.8 Å². The Morgan fingerprint density at radius 2 is 1.96 bits per heavy atom. The first-order valence-corrected chi connectivity index (χ1v) is 10.9. The number of hydrogen-bond donors (Lipinski definition) is 1. The van der Waals surface area contributed by atoms with Crippen LogP contribution < -0.4 is 5.73 Å². The Kier molecular flexibility index (Phi) is 5.90. The zero-order valence-electron chi connectivity index (χ0n) is 16.3. The van der Waals surface area contributed by atoms with Gasteiger partial charge in [-0.3, -0.25) is 4.79 Å². The number of likely N-dealkylation sites (tertiary alicyclic amines) is 1. The Morgan fingerprint density at radius 1 is 1.18 bits per heavy atom. The van der Waals surface area contributed by atoms with Crippen molar-refractivity contribution in [2.24, 2.45) is 18.7 Å². The van der Waals surface area contributed by atoms with Gasteiger partial charge >= 0.3 is 0 Å². The van der Waals surface area contributed by atoms with E-state index in [1.165, 1.54) is 0 Å². The molecule has 0 radical (unpaired) electrons. The largest absolute Gasteiger partial charge is 0.378 e. The predicted molar refractivity (Wildman–Crippen MR) is 114 cm³/mol. The van der Waals surface area contributed by atoms with Gasteiger partial charge in [0.05, 0.1) is 6.10 Å². The highest BCUT2D eigenvalue weighted by Crippen LogP contribution is 2.29. The molecule has 3 atom stereocenters. The molecule has 3 unspecified atom stereocenters. The van der Waals surface area contributed by atoms with Crippen LogP contribution in [0.1, 0.15) is 36.2 Å². The number of piperidine rings is 1. The molecule has 0 saturated carbocycles. The van der Waals surface area contributed by atoms with Crippen LogP contribution in [0.5, 0.6) is 0 Å². The quantitative estimate of drug-likeness (QED) is 0.780. The van der Waals surface area contributed by atoms with E-state index in [0.717, 1.165) is 66.8 Å². The van der Waals surface area contributed by atoms with E-state index in [1.54, 1.807) is 0 Å². The van der Waals surface area contributed by atoms with Crippen LogP contribution in [-0.4, -0.2) is 47.2 Å². The van der Waals surface area contributed by atoms with E-state index in [-0.39, 0.29) is 18.1 Å². The first-order chi connectivity index (χ1) is 13.5. The third-order valence-electron chi connectivity index (χ3n) is 6.11. The van der Waals surface area contributed by atoms with E-state index in [4.69, 9.17) is 10.5 Å². The number of carbonyl (C=O) groups excluding carboxylic acids is 1. The number of carbonyl (C=O) groups is 1. The average molecular weight is 446 g/mol. The maximum atomic E-state index is 13.2. The number of benzene rings is 1. The van der Waals surface area contributed by atoms with Crippen LogP contribution in [0.15, 0.2) is 40.9 Å². The Morgan fingerprint density at radius 3 is 2.71 bits per heavy atom. The topological polar surface area (TPSA) is 60.5 Å². The Bertz CT molecular complexity index is 833. The van der Waals surface area contributed by atoms with Gasteiger partial charge in [0.2, 0.25) is 0 Å². The second kappa shape index (κ2) is 8.39. The van der Waals surface area contributed by atoms with Crippen LogP contribution >= 0.6 is 15.9 Å². The summed E-state index contributed by atoms with van der Waals surface area (Å²) in [5, 5.41) is 0. The SMILES string of the molecule is Cn1c(C(=O)N2CCCC(C3CC(N)CCO3)C2)ccc1-c1ccc(Br)cc1. The summed E-state index contributed by atoms with van der Waals surface area (Å²) in [4.78, 5) is 15.2. The Hall–Kier alpha value is -1.63. The molecule has 2 saturated heterocycles. The number of halogens is 1. The summed E-state index contributed by atoms with van der Waals surface area (Å²) < 4.78 is 9.04. The van der Waals surface area contributed by atoms with Gasteiger partial charge in [-0.25, -0.2) is 0 Å².